The number of anilines is 1. The van der Waals surface area contributed by atoms with Crippen LogP contribution in [-0.2, 0) is 0 Å². The van der Waals surface area contributed by atoms with Crippen molar-refractivity contribution in [1.82, 2.24) is 4.57 Å². The maximum atomic E-state index is 14.2. The lowest BCUT2D eigenvalue weighted by Gasteiger charge is -2.38. The Morgan fingerprint density at radius 1 is 0.967 bits per heavy atom. The first-order chi connectivity index (χ1) is 14.1. The summed E-state index contributed by atoms with van der Waals surface area (Å²) in [6.45, 7) is 13.8. The van der Waals surface area contributed by atoms with Gasteiger partial charge in [-0.2, -0.15) is 0 Å². The Balaban J connectivity index is 2.34. The van der Waals surface area contributed by atoms with Crippen LogP contribution >= 0.6 is 11.6 Å². The minimum atomic E-state index is -1.92. The number of halogens is 2. The molecule has 0 aliphatic heterocycles. The molecule has 3 aromatic rings. The topological polar surface area (TPSA) is 30.9 Å². The molecule has 0 aliphatic carbocycles. The molecule has 0 unspecified atom stereocenters. The number of nitrogens with two attached hydrogens (primary N) is 1. The molecule has 0 saturated carbocycles. The van der Waals surface area contributed by atoms with E-state index in [2.05, 4.69) is 53.0 Å². The standard InChI is InChI=1S/C25H30ClFN2Si/c1-16(2)30(17(3)4,18(5)6)12-11-20-13-19-14-22(27)21(26)15-25(19)29(20)24-10-8-7-9-23(24)28/h7-10,13-18H,28H2,1-6H3. The number of benzene rings is 2. The van der Waals surface area contributed by atoms with E-state index < -0.39 is 13.9 Å². The van der Waals surface area contributed by atoms with Gasteiger partial charge in [-0.1, -0.05) is 71.2 Å². The summed E-state index contributed by atoms with van der Waals surface area (Å²) in [6.07, 6.45) is 0. The highest BCUT2D eigenvalue weighted by molar-refractivity contribution is 6.90. The fourth-order valence-corrected chi connectivity index (χ4v) is 10.2. The van der Waals surface area contributed by atoms with E-state index >= 15 is 0 Å². The van der Waals surface area contributed by atoms with Gasteiger partial charge in [-0.25, -0.2) is 4.39 Å². The molecule has 30 heavy (non-hydrogen) atoms. The molecule has 0 bridgehead atoms. The average Bonchev–Trinajstić information content (AvgIpc) is 2.99. The summed E-state index contributed by atoms with van der Waals surface area (Å²) < 4.78 is 16.2. The Morgan fingerprint density at radius 2 is 1.57 bits per heavy atom. The Bertz CT molecular complexity index is 1110. The number of rotatable bonds is 4. The zero-order valence-corrected chi connectivity index (χ0v) is 20.3. The van der Waals surface area contributed by atoms with Crippen LogP contribution in [0.25, 0.3) is 16.6 Å². The molecule has 0 atom stereocenters. The van der Waals surface area contributed by atoms with Gasteiger partial charge in [-0.3, -0.25) is 0 Å². The molecule has 0 aliphatic rings. The monoisotopic (exact) mass is 440 g/mol. The third kappa shape index (κ3) is 3.77. The van der Waals surface area contributed by atoms with Crippen LogP contribution in [0.15, 0.2) is 42.5 Å². The van der Waals surface area contributed by atoms with Gasteiger partial charge in [0.1, 0.15) is 13.9 Å². The van der Waals surface area contributed by atoms with Crippen molar-refractivity contribution in [3.05, 3.63) is 59.0 Å². The predicted molar refractivity (Wildman–Crippen MR) is 131 cm³/mol. The van der Waals surface area contributed by atoms with Crippen molar-refractivity contribution in [2.45, 2.75) is 58.2 Å². The quantitative estimate of drug-likeness (QED) is 0.253. The largest absolute Gasteiger partial charge is 0.397 e. The van der Waals surface area contributed by atoms with E-state index in [1.54, 1.807) is 6.07 Å². The summed E-state index contributed by atoms with van der Waals surface area (Å²) in [6, 6.07) is 12.7. The number of nitrogens with zero attached hydrogens (tertiary/aromatic N) is 1. The van der Waals surface area contributed by atoms with Gasteiger partial charge in [0.25, 0.3) is 0 Å². The van der Waals surface area contributed by atoms with Crippen molar-refractivity contribution < 1.29 is 4.39 Å². The first kappa shape index (κ1) is 22.5. The van der Waals surface area contributed by atoms with Crippen LogP contribution in [0.3, 0.4) is 0 Å². The van der Waals surface area contributed by atoms with Crippen LogP contribution in [0.5, 0.6) is 0 Å². The molecule has 1 heterocycles. The summed E-state index contributed by atoms with van der Waals surface area (Å²) >= 11 is 6.12. The summed E-state index contributed by atoms with van der Waals surface area (Å²) in [7, 11) is -1.92. The molecule has 2 N–H and O–H groups in total. The fraction of sp³-hybridized carbons (Fsp3) is 0.360. The van der Waals surface area contributed by atoms with Crippen LogP contribution in [0, 0.1) is 17.3 Å². The Morgan fingerprint density at radius 3 is 2.13 bits per heavy atom. The average molecular weight is 441 g/mol. The summed E-state index contributed by atoms with van der Waals surface area (Å²) in [4.78, 5) is 0. The first-order valence-electron chi connectivity index (χ1n) is 10.5. The number of hydrogen-bond acceptors (Lipinski definition) is 1. The maximum Gasteiger partial charge on any atom is 0.146 e. The lowest BCUT2D eigenvalue weighted by Crippen LogP contribution is -2.43. The van der Waals surface area contributed by atoms with E-state index in [1.807, 2.05) is 34.9 Å². The van der Waals surface area contributed by atoms with E-state index in [0.717, 1.165) is 22.3 Å². The van der Waals surface area contributed by atoms with Crippen molar-refractivity contribution in [3.63, 3.8) is 0 Å². The molecule has 0 radical (unpaired) electrons. The van der Waals surface area contributed by atoms with Crippen molar-refractivity contribution in [3.8, 4) is 17.2 Å². The van der Waals surface area contributed by atoms with Gasteiger partial charge in [0.15, 0.2) is 0 Å². The van der Waals surface area contributed by atoms with Crippen LogP contribution in [0.1, 0.15) is 47.2 Å². The smallest absolute Gasteiger partial charge is 0.146 e. The highest BCUT2D eigenvalue weighted by atomic mass is 35.5. The molecule has 0 spiro atoms. The second-order valence-electron chi connectivity index (χ2n) is 8.90. The second-order valence-corrected chi connectivity index (χ2v) is 14.9. The van der Waals surface area contributed by atoms with Crippen molar-refractivity contribution in [2.75, 3.05) is 5.73 Å². The summed E-state index contributed by atoms with van der Waals surface area (Å²) in [5.41, 5.74) is 14.7. The molecule has 0 fully saturated rings. The van der Waals surface area contributed by atoms with Gasteiger partial charge in [0, 0.05) is 5.39 Å². The molecule has 5 heteroatoms. The lowest BCUT2D eigenvalue weighted by molar-refractivity contribution is 0.630. The number of fused-ring (bicyclic) bond motifs is 1. The molecule has 158 valence electrons. The Kier molecular flexibility index (Phi) is 6.36. The van der Waals surface area contributed by atoms with Gasteiger partial charge in [0.2, 0.25) is 0 Å². The number of hydrogen-bond donors (Lipinski definition) is 1. The van der Waals surface area contributed by atoms with Gasteiger partial charge >= 0.3 is 0 Å². The second kappa shape index (κ2) is 8.49. The molecule has 1 aromatic heterocycles. The van der Waals surface area contributed by atoms with E-state index in [1.165, 1.54) is 6.07 Å². The van der Waals surface area contributed by atoms with Crippen LogP contribution in [-0.4, -0.2) is 12.6 Å². The van der Waals surface area contributed by atoms with Gasteiger partial charge < -0.3 is 10.3 Å². The van der Waals surface area contributed by atoms with E-state index in [9.17, 15) is 4.39 Å². The number of para-hydroxylation sites is 2. The number of aromatic nitrogens is 1. The van der Waals surface area contributed by atoms with E-state index in [-0.39, 0.29) is 5.02 Å². The Labute approximate surface area is 185 Å². The van der Waals surface area contributed by atoms with Crippen molar-refractivity contribution in [1.29, 1.82) is 0 Å². The zero-order valence-electron chi connectivity index (χ0n) is 18.6. The summed E-state index contributed by atoms with van der Waals surface area (Å²) in [5.74, 6) is 3.07. The molecule has 3 rings (SSSR count). The van der Waals surface area contributed by atoms with Crippen LogP contribution in [0.2, 0.25) is 21.6 Å². The van der Waals surface area contributed by atoms with E-state index in [4.69, 9.17) is 17.3 Å². The minimum Gasteiger partial charge on any atom is -0.397 e. The van der Waals surface area contributed by atoms with Gasteiger partial charge in [-0.05, 0) is 47.0 Å². The van der Waals surface area contributed by atoms with Crippen molar-refractivity contribution in [2.24, 2.45) is 0 Å². The maximum absolute atomic E-state index is 14.2. The summed E-state index contributed by atoms with van der Waals surface area (Å²) in [5, 5.41) is 0.849. The van der Waals surface area contributed by atoms with Gasteiger partial charge in [0.05, 0.1) is 27.6 Å². The van der Waals surface area contributed by atoms with Crippen LogP contribution < -0.4 is 5.73 Å². The minimum absolute atomic E-state index is 0.0890. The van der Waals surface area contributed by atoms with E-state index in [0.29, 0.717) is 22.3 Å². The number of nitrogen functional groups attached to an aromatic ring is 1. The predicted octanol–water partition coefficient (Wildman–Crippen LogP) is 7.57. The molecular weight excluding hydrogens is 411 g/mol. The molecule has 0 amide bonds. The van der Waals surface area contributed by atoms with Crippen LogP contribution in [0.4, 0.5) is 10.1 Å². The molecular formula is C25H30ClFN2Si. The third-order valence-electron chi connectivity index (χ3n) is 6.29. The highest BCUT2D eigenvalue weighted by Crippen LogP contribution is 2.41. The van der Waals surface area contributed by atoms with Crippen molar-refractivity contribution >= 4 is 36.3 Å². The zero-order chi connectivity index (χ0) is 22.2. The highest BCUT2D eigenvalue weighted by Gasteiger charge is 2.41. The fourth-order valence-electron chi connectivity index (χ4n) is 4.85. The lowest BCUT2D eigenvalue weighted by atomic mass is 10.2. The Hall–Kier alpha value is -2.22. The first-order valence-corrected chi connectivity index (χ1v) is 13.1. The third-order valence-corrected chi connectivity index (χ3v) is 12.9. The van der Waals surface area contributed by atoms with Gasteiger partial charge in [-0.15, -0.1) is 5.54 Å². The molecule has 2 nitrogen and oxygen atoms in total. The molecule has 0 saturated heterocycles. The normalized spacial score (nSPS) is 12.1. The SMILES string of the molecule is CC(C)[Si](C#Cc1cc2cc(F)c(Cl)cc2n1-c1ccccc1N)(C(C)C)C(C)C. The molecule has 2 aromatic carbocycles.